The molecule has 2 heterocycles. The number of amides is 1. The van der Waals surface area contributed by atoms with Crippen LogP contribution in [0.4, 0.5) is 0 Å². The van der Waals surface area contributed by atoms with Gasteiger partial charge < -0.3 is 10.2 Å². The molecule has 0 radical (unpaired) electrons. The van der Waals surface area contributed by atoms with E-state index in [1.165, 1.54) is 25.7 Å². The van der Waals surface area contributed by atoms with Gasteiger partial charge in [0.05, 0.1) is 5.54 Å². The second kappa shape index (κ2) is 5.57. The molecule has 104 valence electrons. The van der Waals surface area contributed by atoms with Crippen molar-refractivity contribution in [1.82, 2.24) is 15.1 Å². The number of hydrogen-bond acceptors (Lipinski definition) is 3. The summed E-state index contributed by atoms with van der Waals surface area (Å²) < 4.78 is 0. The monoisotopic (exact) mass is 253 g/mol. The summed E-state index contributed by atoms with van der Waals surface area (Å²) in [5.74, 6) is 0.255. The van der Waals surface area contributed by atoms with E-state index in [2.05, 4.69) is 24.1 Å². The number of likely N-dealkylation sites (N-methyl/N-ethyl adjacent to an activating group) is 1. The maximum atomic E-state index is 12.2. The molecular weight excluding hydrogens is 226 g/mol. The lowest BCUT2D eigenvalue weighted by molar-refractivity contribution is -0.147. The van der Waals surface area contributed by atoms with Crippen molar-refractivity contribution in [3.8, 4) is 0 Å². The number of nitrogens with one attached hydrogen (secondary N) is 1. The Hall–Kier alpha value is -0.610. The van der Waals surface area contributed by atoms with E-state index in [1.54, 1.807) is 0 Å². The highest BCUT2D eigenvalue weighted by Gasteiger charge is 2.40. The molecule has 0 spiro atoms. The Bertz CT molecular complexity index is 297. The van der Waals surface area contributed by atoms with Crippen LogP contribution in [0.2, 0.25) is 0 Å². The summed E-state index contributed by atoms with van der Waals surface area (Å²) in [5.41, 5.74) is -0.332. The lowest BCUT2D eigenvalue weighted by atomic mass is 9.95. The summed E-state index contributed by atoms with van der Waals surface area (Å²) >= 11 is 0. The van der Waals surface area contributed by atoms with E-state index < -0.39 is 0 Å². The van der Waals surface area contributed by atoms with E-state index >= 15 is 0 Å². The molecule has 1 amide bonds. The van der Waals surface area contributed by atoms with Gasteiger partial charge in [0.15, 0.2) is 0 Å². The molecule has 0 saturated carbocycles. The summed E-state index contributed by atoms with van der Waals surface area (Å²) in [7, 11) is 1.91. The van der Waals surface area contributed by atoms with Crippen LogP contribution in [0.25, 0.3) is 0 Å². The Kier molecular flexibility index (Phi) is 4.28. The lowest BCUT2D eigenvalue weighted by Crippen LogP contribution is -2.62. The van der Waals surface area contributed by atoms with Gasteiger partial charge in [-0.1, -0.05) is 6.42 Å². The molecule has 0 aromatic rings. The molecule has 0 aromatic heterocycles. The van der Waals surface area contributed by atoms with Crippen molar-refractivity contribution in [2.75, 3.05) is 33.2 Å². The third-order valence-corrected chi connectivity index (χ3v) is 4.53. The SMILES string of the molecule is CN1CCN(CCC2CCCCN2)C(C)(C)C1=O. The lowest BCUT2D eigenvalue weighted by Gasteiger charge is -2.45. The molecular formula is C14H27N3O. The van der Waals surface area contributed by atoms with E-state index in [-0.39, 0.29) is 11.4 Å². The highest BCUT2D eigenvalue weighted by atomic mass is 16.2. The zero-order valence-corrected chi connectivity index (χ0v) is 12.0. The van der Waals surface area contributed by atoms with Crippen LogP contribution in [-0.2, 0) is 4.79 Å². The number of hydrogen-bond donors (Lipinski definition) is 1. The van der Waals surface area contributed by atoms with E-state index in [9.17, 15) is 4.79 Å². The summed E-state index contributed by atoms with van der Waals surface area (Å²) in [6, 6.07) is 0.657. The van der Waals surface area contributed by atoms with Gasteiger partial charge in [0, 0.05) is 32.7 Å². The predicted molar refractivity (Wildman–Crippen MR) is 73.5 cm³/mol. The first kappa shape index (κ1) is 13.8. The summed E-state index contributed by atoms with van der Waals surface area (Å²) in [6.45, 7) is 8.17. The Morgan fingerprint density at radius 2 is 2.11 bits per heavy atom. The zero-order valence-electron chi connectivity index (χ0n) is 12.0. The van der Waals surface area contributed by atoms with Gasteiger partial charge in [0.25, 0.3) is 0 Å². The van der Waals surface area contributed by atoms with Gasteiger partial charge in [0.1, 0.15) is 0 Å². The van der Waals surface area contributed by atoms with Crippen molar-refractivity contribution in [2.24, 2.45) is 0 Å². The molecule has 0 bridgehead atoms. The third-order valence-electron chi connectivity index (χ3n) is 4.53. The molecule has 1 unspecified atom stereocenters. The van der Waals surface area contributed by atoms with Gasteiger partial charge in [-0.3, -0.25) is 9.69 Å². The van der Waals surface area contributed by atoms with Gasteiger partial charge in [-0.2, -0.15) is 0 Å². The fraction of sp³-hybridized carbons (Fsp3) is 0.929. The van der Waals surface area contributed by atoms with Crippen molar-refractivity contribution >= 4 is 5.91 Å². The van der Waals surface area contributed by atoms with E-state index in [1.807, 2.05) is 11.9 Å². The quantitative estimate of drug-likeness (QED) is 0.817. The first-order valence-electron chi connectivity index (χ1n) is 7.26. The summed E-state index contributed by atoms with van der Waals surface area (Å²) in [6.07, 6.45) is 5.13. The largest absolute Gasteiger partial charge is 0.343 e. The van der Waals surface area contributed by atoms with Crippen molar-refractivity contribution in [1.29, 1.82) is 0 Å². The van der Waals surface area contributed by atoms with Gasteiger partial charge in [0.2, 0.25) is 5.91 Å². The molecule has 18 heavy (non-hydrogen) atoms. The molecule has 4 heteroatoms. The van der Waals surface area contributed by atoms with Crippen molar-refractivity contribution < 1.29 is 4.79 Å². The fourth-order valence-electron chi connectivity index (χ4n) is 3.13. The van der Waals surface area contributed by atoms with E-state index in [0.717, 1.165) is 26.2 Å². The van der Waals surface area contributed by atoms with Crippen LogP contribution in [0.5, 0.6) is 0 Å². The van der Waals surface area contributed by atoms with Crippen LogP contribution in [0.3, 0.4) is 0 Å². The molecule has 4 nitrogen and oxygen atoms in total. The standard InChI is InChI=1S/C14H27N3O/c1-14(2)13(18)16(3)10-11-17(14)9-7-12-6-4-5-8-15-12/h12,15H,4-11H2,1-3H3. The predicted octanol–water partition coefficient (Wildman–Crippen LogP) is 1.07. The molecule has 2 saturated heterocycles. The number of carbonyl (C=O) groups excluding carboxylic acids is 1. The van der Waals surface area contributed by atoms with Gasteiger partial charge in [-0.05, 0) is 39.7 Å². The van der Waals surface area contributed by atoms with E-state index in [4.69, 9.17) is 0 Å². The maximum Gasteiger partial charge on any atom is 0.242 e. The van der Waals surface area contributed by atoms with Crippen LogP contribution in [0.15, 0.2) is 0 Å². The van der Waals surface area contributed by atoms with Crippen LogP contribution in [-0.4, -0.2) is 60.5 Å². The van der Waals surface area contributed by atoms with Crippen molar-refractivity contribution in [2.45, 2.75) is 51.1 Å². The minimum absolute atomic E-state index is 0.255. The second-order valence-electron chi connectivity index (χ2n) is 6.21. The van der Waals surface area contributed by atoms with Crippen LogP contribution < -0.4 is 5.32 Å². The Labute approximate surface area is 111 Å². The first-order valence-corrected chi connectivity index (χ1v) is 7.26. The molecule has 2 rings (SSSR count). The highest BCUT2D eigenvalue weighted by molar-refractivity contribution is 5.86. The number of rotatable bonds is 3. The number of piperidine rings is 1. The topological polar surface area (TPSA) is 35.6 Å². The maximum absolute atomic E-state index is 12.2. The van der Waals surface area contributed by atoms with Gasteiger partial charge in [-0.15, -0.1) is 0 Å². The third kappa shape index (κ3) is 2.86. The molecule has 2 fully saturated rings. The smallest absolute Gasteiger partial charge is 0.242 e. The molecule has 2 aliphatic heterocycles. The summed E-state index contributed by atoms with van der Waals surface area (Å²) in [5, 5.41) is 3.58. The first-order chi connectivity index (χ1) is 8.51. The van der Waals surface area contributed by atoms with Crippen LogP contribution >= 0.6 is 0 Å². The molecule has 0 aliphatic carbocycles. The Morgan fingerprint density at radius 1 is 1.33 bits per heavy atom. The fourth-order valence-corrected chi connectivity index (χ4v) is 3.13. The summed E-state index contributed by atoms with van der Waals surface area (Å²) in [4.78, 5) is 16.4. The zero-order chi connectivity index (χ0) is 13.2. The van der Waals surface area contributed by atoms with Gasteiger partial charge in [-0.25, -0.2) is 0 Å². The normalized spacial score (nSPS) is 29.6. The average Bonchev–Trinajstić information content (AvgIpc) is 2.37. The second-order valence-corrected chi connectivity index (χ2v) is 6.21. The molecule has 2 aliphatic rings. The van der Waals surface area contributed by atoms with Crippen LogP contribution in [0, 0.1) is 0 Å². The van der Waals surface area contributed by atoms with Gasteiger partial charge >= 0.3 is 0 Å². The van der Waals surface area contributed by atoms with Crippen molar-refractivity contribution in [3.63, 3.8) is 0 Å². The number of piperazine rings is 1. The molecule has 1 N–H and O–H groups in total. The van der Waals surface area contributed by atoms with Crippen LogP contribution in [0.1, 0.15) is 39.5 Å². The average molecular weight is 253 g/mol. The number of carbonyl (C=O) groups is 1. The molecule has 1 atom stereocenters. The molecule has 0 aromatic carbocycles. The van der Waals surface area contributed by atoms with E-state index in [0.29, 0.717) is 6.04 Å². The Balaban J connectivity index is 1.86. The minimum Gasteiger partial charge on any atom is -0.343 e. The Morgan fingerprint density at radius 3 is 2.78 bits per heavy atom. The number of nitrogens with zero attached hydrogens (tertiary/aromatic N) is 2. The minimum atomic E-state index is -0.332. The van der Waals surface area contributed by atoms with Crippen molar-refractivity contribution in [3.05, 3.63) is 0 Å². The highest BCUT2D eigenvalue weighted by Crippen LogP contribution is 2.22.